The van der Waals surface area contributed by atoms with Crippen LogP contribution in [0, 0.1) is 7.05 Å². The summed E-state index contributed by atoms with van der Waals surface area (Å²) in [4.78, 5) is 3.74. The van der Waals surface area contributed by atoms with E-state index >= 15 is 0 Å². The third kappa shape index (κ3) is 2.71. The second-order valence-corrected chi connectivity index (χ2v) is 4.29. The molecule has 0 unspecified atom stereocenters. The van der Waals surface area contributed by atoms with Gasteiger partial charge in [-0.05, 0) is 0 Å². The number of aryl methyl sites for hydroxylation is 1. The first-order valence-electron chi connectivity index (χ1n) is 3.52. The van der Waals surface area contributed by atoms with E-state index in [1.165, 1.54) is 10.8 Å². The molecule has 0 amide bonds. The van der Waals surface area contributed by atoms with Gasteiger partial charge < -0.3 is 10.3 Å². The Hall–Kier alpha value is -1.08. The summed E-state index contributed by atoms with van der Waals surface area (Å²) >= 11 is 0. The van der Waals surface area contributed by atoms with Gasteiger partial charge in [-0.1, -0.05) is 0 Å². The topological polar surface area (TPSA) is 90.0 Å². The summed E-state index contributed by atoms with van der Waals surface area (Å²) in [5.41, 5.74) is 5.42. The fraction of sp³-hybridized carbons (Fsp3) is 0.333. The second-order valence-electron chi connectivity index (χ2n) is 2.42. The molecule has 3 N–H and O–H groups in total. The summed E-state index contributed by atoms with van der Waals surface area (Å²) in [6.45, 7) is 0.234. The first-order valence-corrected chi connectivity index (χ1v) is 5.17. The fourth-order valence-electron chi connectivity index (χ4n) is 0.807. The highest BCUT2D eigenvalue weighted by Crippen LogP contribution is 1.98. The van der Waals surface area contributed by atoms with Gasteiger partial charge in [-0.3, -0.25) is 0 Å². The Balaban J connectivity index is 2.58. The van der Waals surface area contributed by atoms with Gasteiger partial charge in [-0.15, -0.1) is 0 Å². The van der Waals surface area contributed by atoms with Gasteiger partial charge in [0, 0.05) is 18.9 Å². The smallest absolute Gasteiger partial charge is 0.213 e. The van der Waals surface area contributed by atoms with Crippen LogP contribution in [-0.2, 0) is 16.6 Å². The van der Waals surface area contributed by atoms with Gasteiger partial charge in [0.15, 0.2) is 5.95 Å². The molecular weight excluding hydrogens is 192 g/mol. The number of rotatable bonds is 4. The van der Waals surface area contributed by atoms with Crippen molar-refractivity contribution in [2.75, 3.05) is 11.5 Å². The molecule has 0 atom stereocenters. The Labute approximate surface area is 76.8 Å². The average Bonchev–Trinajstić information content (AvgIpc) is 2.48. The number of nitrogens with one attached hydrogen (secondary N) is 1. The highest BCUT2D eigenvalue weighted by molar-refractivity contribution is 7.89. The quantitative estimate of drug-likeness (QED) is 0.616. The standard InChI is InChI=1S/C6H10N4O2S/c1-8-13(11,12)5-4-10-3-2-9-6(10)7/h1-3,8H,4-5H2,(H2,7,9). The molecule has 0 spiro atoms. The molecule has 0 aliphatic carbocycles. The molecule has 0 fully saturated rings. The van der Waals surface area contributed by atoms with Crippen LogP contribution in [0.5, 0.6) is 0 Å². The zero-order valence-corrected chi connectivity index (χ0v) is 7.66. The molecule has 1 rings (SSSR count). The summed E-state index contributed by atoms with van der Waals surface area (Å²) in [7, 11) is 1.40. The van der Waals surface area contributed by atoms with Crippen molar-refractivity contribution in [2.24, 2.45) is 0 Å². The van der Waals surface area contributed by atoms with E-state index in [1.54, 1.807) is 10.9 Å². The van der Waals surface area contributed by atoms with Crippen LogP contribution in [-0.4, -0.2) is 23.7 Å². The maximum atomic E-state index is 10.9. The highest BCUT2D eigenvalue weighted by atomic mass is 32.2. The van der Waals surface area contributed by atoms with E-state index in [-0.39, 0.29) is 18.2 Å². The van der Waals surface area contributed by atoms with Gasteiger partial charge in [-0.25, -0.2) is 18.1 Å². The number of aromatic nitrogens is 2. The lowest BCUT2D eigenvalue weighted by atomic mass is 10.7. The minimum atomic E-state index is -3.39. The summed E-state index contributed by atoms with van der Waals surface area (Å²) in [5.74, 6) is 0.163. The predicted molar refractivity (Wildman–Crippen MR) is 47.9 cm³/mol. The van der Waals surface area contributed by atoms with Crippen molar-refractivity contribution >= 4 is 16.0 Å². The lowest BCUT2D eigenvalue weighted by Gasteiger charge is -2.04. The summed E-state index contributed by atoms with van der Waals surface area (Å²) in [6.07, 6.45) is 3.10. The largest absolute Gasteiger partial charge is 0.369 e. The lowest BCUT2D eigenvalue weighted by Crippen LogP contribution is -2.23. The number of sulfonamides is 1. The first kappa shape index (κ1) is 10.0. The molecule has 1 heterocycles. The minimum absolute atomic E-state index is 0.121. The van der Waals surface area contributed by atoms with E-state index < -0.39 is 10.0 Å². The van der Waals surface area contributed by atoms with E-state index in [1.807, 2.05) is 0 Å². The number of nitrogens with zero attached hydrogens (tertiary/aromatic N) is 2. The first-order chi connectivity index (χ1) is 6.05. The molecule has 0 aliphatic rings. The van der Waals surface area contributed by atoms with Crippen LogP contribution in [0.4, 0.5) is 5.95 Å². The van der Waals surface area contributed by atoms with Gasteiger partial charge >= 0.3 is 0 Å². The van der Waals surface area contributed by atoms with E-state index in [2.05, 4.69) is 4.98 Å². The zero-order valence-electron chi connectivity index (χ0n) is 6.84. The maximum Gasteiger partial charge on any atom is 0.213 e. The van der Waals surface area contributed by atoms with Crippen molar-refractivity contribution in [1.82, 2.24) is 14.3 Å². The summed E-state index contributed by atoms with van der Waals surface area (Å²) < 4.78 is 25.0. The monoisotopic (exact) mass is 202 g/mol. The number of nitrogens with two attached hydrogens (primary N) is 1. The number of nitrogen functional groups attached to an aromatic ring is 1. The van der Waals surface area contributed by atoms with Crippen LogP contribution in [0.3, 0.4) is 0 Å². The van der Waals surface area contributed by atoms with Crippen LogP contribution in [0.15, 0.2) is 12.4 Å². The number of anilines is 1. The van der Waals surface area contributed by atoms with Gasteiger partial charge in [-0.2, -0.15) is 0 Å². The molecule has 7 heteroatoms. The van der Waals surface area contributed by atoms with Crippen LogP contribution in [0.25, 0.3) is 0 Å². The van der Waals surface area contributed by atoms with Crippen molar-refractivity contribution in [1.29, 1.82) is 0 Å². The van der Waals surface area contributed by atoms with E-state index in [9.17, 15) is 8.42 Å². The maximum absolute atomic E-state index is 10.9. The molecule has 6 nitrogen and oxygen atoms in total. The minimum Gasteiger partial charge on any atom is -0.369 e. The Morgan fingerprint density at radius 2 is 2.38 bits per heavy atom. The second kappa shape index (κ2) is 3.75. The number of imidazole rings is 1. The van der Waals surface area contributed by atoms with Gasteiger partial charge in [0.05, 0.1) is 12.8 Å². The molecule has 0 saturated heterocycles. The third-order valence-electron chi connectivity index (χ3n) is 1.53. The molecule has 0 saturated carbocycles. The Morgan fingerprint density at radius 3 is 2.85 bits per heavy atom. The Kier molecular flexibility index (Phi) is 2.89. The van der Waals surface area contributed by atoms with Gasteiger partial charge in [0.25, 0.3) is 0 Å². The van der Waals surface area contributed by atoms with E-state index in [0.29, 0.717) is 0 Å². The SMILES string of the molecule is [CH]NS(=O)(=O)CCn1ccnc1N. The third-order valence-corrected chi connectivity index (χ3v) is 2.61. The Bertz CT molecular complexity index is 370. The molecular formula is C6H10N4O2S. The molecule has 1 aromatic rings. The van der Waals surface area contributed by atoms with Crippen molar-refractivity contribution in [3.8, 4) is 0 Å². The lowest BCUT2D eigenvalue weighted by molar-refractivity contribution is 0.583. The highest BCUT2D eigenvalue weighted by Gasteiger charge is 2.07. The Morgan fingerprint density at radius 1 is 1.69 bits per heavy atom. The van der Waals surface area contributed by atoms with Crippen LogP contribution in [0.2, 0.25) is 0 Å². The molecule has 1 aromatic heterocycles. The molecule has 2 radical (unpaired) electrons. The van der Waals surface area contributed by atoms with E-state index in [4.69, 9.17) is 12.8 Å². The van der Waals surface area contributed by atoms with Crippen molar-refractivity contribution in [3.63, 3.8) is 0 Å². The van der Waals surface area contributed by atoms with Crippen molar-refractivity contribution in [3.05, 3.63) is 19.4 Å². The molecule has 0 aromatic carbocycles. The molecule has 13 heavy (non-hydrogen) atoms. The molecule has 0 aliphatic heterocycles. The van der Waals surface area contributed by atoms with Crippen molar-refractivity contribution < 1.29 is 8.42 Å². The summed E-state index contributed by atoms with van der Waals surface area (Å²) in [5, 5.41) is 0. The normalized spacial score (nSPS) is 11.8. The van der Waals surface area contributed by atoms with Crippen molar-refractivity contribution in [2.45, 2.75) is 6.54 Å². The predicted octanol–water partition coefficient (Wildman–Crippen LogP) is -0.947. The zero-order chi connectivity index (χ0) is 9.90. The average molecular weight is 202 g/mol. The summed E-state index contributed by atoms with van der Waals surface area (Å²) in [6, 6.07) is 0. The molecule has 72 valence electrons. The number of hydrogen-bond acceptors (Lipinski definition) is 4. The van der Waals surface area contributed by atoms with Gasteiger partial charge in [0.1, 0.15) is 0 Å². The van der Waals surface area contributed by atoms with Gasteiger partial charge in [0.2, 0.25) is 10.0 Å². The number of hydrogen-bond donors (Lipinski definition) is 2. The van der Waals surface area contributed by atoms with E-state index in [0.717, 1.165) is 0 Å². The van der Waals surface area contributed by atoms with Crippen LogP contribution in [0.1, 0.15) is 0 Å². The van der Waals surface area contributed by atoms with Crippen LogP contribution < -0.4 is 10.5 Å². The molecule has 0 bridgehead atoms. The van der Waals surface area contributed by atoms with Crippen LogP contribution >= 0.6 is 0 Å². The fourth-order valence-corrected chi connectivity index (χ4v) is 1.36.